The maximum absolute atomic E-state index is 13.1. The maximum Gasteiger partial charge on any atom is 0.293 e. The minimum Gasteiger partial charge on any atom is -0.383 e. The van der Waals surface area contributed by atoms with Crippen molar-refractivity contribution >= 4 is 33.0 Å². The lowest BCUT2D eigenvalue weighted by molar-refractivity contribution is -0.384. The van der Waals surface area contributed by atoms with Gasteiger partial charge in [0.25, 0.3) is 5.69 Å². The third kappa shape index (κ3) is 4.06. The predicted molar refractivity (Wildman–Crippen MR) is 92.7 cm³/mol. The van der Waals surface area contributed by atoms with Crippen LogP contribution in [0.5, 0.6) is 0 Å². The van der Waals surface area contributed by atoms with Crippen molar-refractivity contribution in [2.75, 3.05) is 19.4 Å². The molecule has 0 unspecified atom stereocenters. The van der Waals surface area contributed by atoms with Crippen LogP contribution in [0, 0.1) is 15.9 Å². The summed E-state index contributed by atoms with van der Waals surface area (Å²) in [7, 11) is -1.18. The van der Waals surface area contributed by atoms with Gasteiger partial charge in [0.15, 0.2) is 0 Å². The highest BCUT2D eigenvalue weighted by atomic mass is 35.5. The fraction of sp³-hybridized carbons (Fsp3) is 0.200. The number of hydrogen-bond donors (Lipinski definition) is 1. The quantitative estimate of drug-likeness (QED) is 0.606. The SMILES string of the molecule is CNc1ccc(S(=O)(=O)N(C)Cc2ccc(F)cc2Cl)cc1[N+](=O)[O-]. The minimum atomic E-state index is -4.00. The highest BCUT2D eigenvalue weighted by molar-refractivity contribution is 7.89. The van der Waals surface area contributed by atoms with Gasteiger partial charge in [0.1, 0.15) is 11.5 Å². The summed E-state index contributed by atoms with van der Waals surface area (Å²) in [5, 5.41) is 13.8. The van der Waals surface area contributed by atoms with Gasteiger partial charge in [0.2, 0.25) is 10.0 Å². The number of halogens is 2. The monoisotopic (exact) mass is 387 g/mol. The van der Waals surface area contributed by atoms with Crippen molar-refractivity contribution in [2.45, 2.75) is 11.4 Å². The Hall–Kier alpha value is -2.23. The first-order valence-electron chi connectivity index (χ1n) is 7.03. The number of anilines is 1. The zero-order valence-electron chi connectivity index (χ0n) is 13.4. The molecule has 0 atom stereocenters. The smallest absolute Gasteiger partial charge is 0.293 e. The van der Waals surface area contributed by atoms with E-state index in [1.165, 1.54) is 38.4 Å². The fourth-order valence-corrected chi connectivity index (χ4v) is 3.59. The first-order valence-corrected chi connectivity index (χ1v) is 8.85. The van der Waals surface area contributed by atoms with Gasteiger partial charge in [-0.15, -0.1) is 0 Å². The lowest BCUT2D eigenvalue weighted by Gasteiger charge is -2.18. The molecule has 1 N–H and O–H groups in total. The van der Waals surface area contributed by atoms with E-state index in [1.54, 1.807) is 0 Å². The van der Waals surface area contributed by atoms with Gasteiger partial charge in [-0.1, -0.05) is 17.7 Å². The molecule has 0 aliphatic rings. The molecule has 0 fully saturated rings. The van der Waals surface area contributed by atoms with Gasteiger partial charge in [0.05, 0.1) is 9.82 Å². The third-order valence-electron chi connectivity index (χ3n) is 3.55. The Kier molecular flexibility index (Phi) is 5.61. The van der Waals surface area contributed by atoms with Crippen LogP contribution in [0.4, 0.5) is 15.8 Å². The van der Waals surface area contributed by atoms with Crippen LogP contribution >= 0.6 is 11.6 Å². The van der Waals surface area contributed by atoms with Gasteiger partial charge in [-0.05, 0) is 29.8 Å². The van der Waals surface area contributed by atoms with Crippen LogP contribution in [0.2, 0.25) is 5.02 Å². The molecule has 0 heterocycles. The van der Waals surface area contributed by atoms with Gasteiger partial charge in [0, 0.05) is 31.7 Å². The van der Waals surface area contributed by atoms with Crippen molar-refractivity contribution in [3.63, 3.8) is 0 Å². The summed E-state index contributed by atoms with van der Waals surface area (Å²) in [6.45, 7) is -0.108. The van der Waals surface area contributed by atoms with Gasteiger partial charge < -0.3 is 5.32 Å². The van der Waals surface area contributed by atoms with Crippen LogP contribution in [-0.2, 0) is 16.6 Å². The molecule has 134 valence electrons. The Morgan fingerprint density at radius 1 is 1.28 bits per heavy atom. The third-order valence-corrected chi connectivity index (χ3v) is 5.70. The number of rotatable bonds is 6. The molecule has 2 rings (SSSR count). The number of sulfonamides is 1. The zero-order valence-corrected chi connectivity index (χ0v) is 14.9. The van der Waals surface area contributed by atoms with Crippen LogP contribution in [0.1, 0.15) is 5.56 Å². The Bertz CT molecular complexity index is 921. The molecule has 0 spiro atoms. The first kappa shape index (κ1) is 19.1. The van der Waals surface area contributed by atoms with Crippen molar-refractivity contribution in [3.8, 4) is 0 Å². The molecule has 25 heavy (non-hydrogen) atoms. The second kappa shape index (κ2) is 7.34. The lowest BCUT2D eigenvalue weighted by atomic mass is 10.2. The molecular formula is C15H15ClFN3O4S. The number of nitrogens with one attached hydrogen (secondary N) is 1. The minimum absolute atomic E-state index is 0.0959. The van der Waals surface area contributed by atoms with E-state index in [9.17, 15) is 22.9 Å². The van der Waals surface area contributed by atoms with E-state index >= 15 is 0 Å². The van der Waals surface area contributed by atoms with Crippen molar-refractivity contribution < 1.29 is 17.7 Å². The number of nitrogens with zero attached hydrogens (tertiary/aromatic N) is 2. The van der Waals surface area contributed by atoms with Gasteiger partial charge >= 0.3 is 0 Å². The molecular weight excluding hydrogens is 373 g/mol. The van der Waals surface area contributed by atoms with E-state index in [1.807, 2.05) is 0 Å². The van der Waals surface area contributed by atoms with E-state index in [0.717, 1.165) is 16.4 Å². The lowest BCUT2D eigenvalue weighted by Crippen LogP contribution is -2.26. The zero-order chi connectivity index (χ0) is 18.8. The Morgan fingerprint density at radius 2 is 1.96 bits per heavy atom. The average Bonchev–Trinajstić information content (AvgIpc) is 2.56. The van der Waals surface area contributed by atoms with Crippen molar-refractivity contribution in [2.24, 2.45) is 0 Å². The molecule has 0 saturated heterocycles. The fourth-order valence-electron chi connectivity index (χ4n) is 2.19. The number of nitro benzene ring substituents is 1. The summed E-state index contributed by atoms with van der Waals surface area (Å²) in [6, 6.07) is 7.24. The summed E-state index contributed by atoms with van der Waals surface area (Å²) >= 11 is 5.92. The molecule has 0 aromatic heterocycles. The molecule has 0 amide bonds. The molecule has 10 heteroatoms. The highest BCUT2D eigenvalue weighted by Gasteiger charge is 2.25. The normalized spacial score (nSPS) is 11.6. The molecule has 2 aromatic rings. The van der Waals surface area contributed by atoms with E-state index in [0.29, 0.717) is 5.56 Å². The number of benzene rings is 2. The van der Waals surface area contributed by atoms with Crippen LogP contribution in [0.15, 0.2) is 41.3 Å². The molecule has 0 aliphatic heterocycles. The van der Waals surface area contributed by atoms with Crippen molar-refractivity contribution in [1.29, 1.82) is 0 Å². The predicted octanol–water partition coefficient (Wildman–Crippen LogP) is 3.25. The second-order valence-corrected chi connectivity index (χ2v) is 7.63. The van der Waals surface area contributed by atoms with Crippen LogP contribution in [0.3, 0.4) is 0 Å². The number of hydrogen-bond acceptors (Lipinski definition) is 5. The van der Waals surface area contributed by atoms with Gasteiger partial charge in [-0.25, -0.2) is 12.8 Å². The first-order chi connectivity index (χ1) is 11.7. The summed E-state index contributed by atoms with van der Waals surface area (Å²) < 4.78 is 39.4. The van der Waals surface area contributed by atoms with Crippen molar-refractivity contribution in [3.05, 3.63) is 62.9 Å². The summed E-state index contributed by atoms with van der Waals surface area (Å²) in [5.74, 6) is -0.530. The van der Waals surface area contributed by atoms with Gasteiger partial charge in [-0.3, -0.25) is 10.1 Å². The molecule has 0 aliphatic carbocycles. The van der Waals surface area contributed by atoms with Crippen LogP contribution < -0.4 is 5.32 Å². The second-order valence-electron chi connectivity index (χ2n) is 5.18. The topological polar surface area (TPSA) is 92.6 Å². The summed E-state index contributed by atoms with van der Waals surface area (Å²) in [4.78, 5) is 10.2. The standard InChI is InChI=1S/C15H15ClFN3O4S/c1-18-14-6-5-12(8-15(14)20(21)22)25(23,24)19(2)9-10-3-4-11(17)7-13(10)16/h3-8,18H,9H2,1-2H3. The summed E-state index contributed by atoms with van der Waals surface area (Å²) in [5.41, 5.74) is 0.264. The maximum atomic E-state index is 13.1. The van der Waals surface area contributed by atoms with Crippen LogP contribution in [0.25, 0.3) is 0 Å². The molecule has 0 bridgehead atoms. The Morgan fingerprint density at radius 3 is 2.52 bits per heavy atom. The average molecular weight is 388 g/mol. The Balaban J connectivity index is 2.37. The number of nitro groups is 1. The summed E-state index contributed by atoms with van der Waals surface area (Å²) in [6.07, 6.45) is 0. The van der Waals surface area contributed by atoms with E-state index in [-0.39, 0.29) is 27.8 Å². The van der Waals surface area contributed by atoms with Gasteiger partial charge in [-0.2, -0.15) is 4.31 Å². The largest absolute Gasteiger partial charge is 0.383 e. The van der Waals surface area contributed by atoms with E-state index in [4.69, 9.17) is 11.6 Å². The molecule has 2 aromatic carbocycles. The molecule has 0 radical (unpaired) electrons. The molecule has 0 saturated carbocycles. The molecule has 7 nitrogen and oxygen atoms in total. The van der Waals surface area contributed by atoms with E-state index in [2.05, 4.69) is 5.32 Å². The highest BCUT2D eigenvalue weighted by Crippen LogP contribution is 2.29. The van der Waals surface area contributed by atoms with Crippen molar-refractivity contribution in [1.82, 2.24) is 4.31 Å². The van der Waals surface area contributed by atoms with Crippen LogP contribution in [-0.4, -0.2) is 31.7 Å². The Labute approximate surface area is 149 Å². The van der Waals surface area contributed by atoms with E-state index < -0.39 is 20.8 Å².